The van der Waals surface area contributed by atoms with Gasteiger partial charge in [0.25, 0.3) is 5.91 Å². The van der Waals surface area contributed by atoms with Gasteiger partial charge in [0.15, 0.2) is 5.96 Å². The Kier molecular flexibility index (Phi) is 7.98. The van der Waals surface area contributed by atoms with Crippen LogP contribution in [0.15, 0.2) is 17.1 Å². The smallest absolute Gasteiger partial charge is 0.325 e. The summed E-state index contributed by atoms with van der Waals surface area (Å²) in [6.07, 6.45) is 7.62. The highest BCUT2D eigenvalue weighted by molar-refractivity contribution is 14.0. The minimum absolute atomic E-state index is 0. The molecule has 8 heteroatoms. The number of carbonyl (C=O) groups excluding carboxylic acids is 2. The Morgan fingerprint density at radius 1 is 1.42 bits per heavy atom. The average Bonchev–Trinajstić information content (AvgIpc) is 3.12. The van der Waals surface area contributed by atoms with Crippen molar-refractivity contribution in [3.8, 4) is 0 Å². The molecule has 0 aromatic carbocycles. The van der Waals surface area contributed by atoms with Crippen LogP contribution >= 0.6 is 24.0 Å². The quantitative estimate of drug-likeness (QED) is 0.144. The van der Waals surface area contributed by atoms with Gasteiger partial charge in [0.2, 0.25) is 0 Å². The number of halogens is 1. The van der Waals surface area contributed by atoms with Gasteiger partial charge in [-0.1, -0.05) is 19.1 Å². The maximum Gasteiger partial charge on any atom is 0.325 e. The van der Waals surface area contributed by atoms with Crippen molar-refractivity contribution >= 4 is 41.9 Å². The van der Waals surface area contributed by atoms with Crippen molar-refractivity contribution in [3.63, 3.8) is 0 Å². The number of imide groups is 1. The fourth-order valence-corrected chi connectivity index (χ4v) is 2.76. The molecule has 3 amide bonds. The third kappa shape index (κ3) is 4.84. The molecule has 0 radical (unpaired) electrons. The Morgan fingerprint density at radius 3 is 2.62 bits per heavy atom. The van der Waals surface area contributed by atoms with Crippen molar-refractivity contribution in [2.45, 2.75) is 51.1 Å². The molecule has 0 spiro atoms. The Morgan fingerprint density at radius 2 is 2.08 bits per heavy atom. The minimum atomic E-state index is -0.752. The van der Waals surface area contributed by atoms with Gasteiger partial charge in [-0.05, 0) is 32.6 Å². The van der Waals surface area contributed by atoms with Crippen LogP contribution in [0.4, 0.5) is 4.79 Å². The first-order valence-corrected chi connectivity index (χ1v) is 8.26. The summed E-state index contributed by atoms with van der Waals surface area (Å²) in [7, 11) is 1.74. The third-order valence-electron chi connectivity index (χ3n) is 4.48. The predicted molar refractivity (Wildman–Crippen MR) is 106 cm³/mol. The van der Waals surface area contributed by atoms with Crippen LogP contribution < -0.4 is 16.0 Å². The largest absolute Gasteiger partial charge is 0.356 e. The molecule has 1 fully saturated rings. The summed E-state index contributed by atoms with van der Waals surface area (Å²) in [5.41, 5.74) is -0.752. The highest BCUT2D eigenvalue weighted by Gasteiger charge is 2.45. The first kappa shape index (κ1) is 20.7. The molecule has 136 valence electrons. The topological polar surface area (TPSA) is 85.8 Å². The van der Waals surface area contributed by atoms with Crippen molar-refractivity contribution < 1.29 is 9.59 Å². The Labute approximate surface area is 160 Å². The number of urea groups is 1. The third-order valence-corrected chi connectivity index (χ3v) is 4.48. The molecule has 1 aliphatic carbocycles. The number of nitrogens with one attached hydrogen (secondary N) is 3. The first-order valence-electron chi connectivity index (χ1n) is 8.26. The van der Waals surface area contributed by atoms with Gasteiger partial charge < -0.3 is 16.0 Å². The molecule has 1 atom stereocenters. The van der Waals surface area contributed by atoms with Crippen molar-refractivity contribution in [1.29, 1.82) is 0 Å². The van der Waals surface area contributed by atoms with Gasteiger partial charge in [-0.15, -0.1) is 24.0 Å². The highest BCUT2D eigenvalue weighted by atomic mass is 127. The van der Waals surface area contributed by atoms with E-state index in [0.717, 1.165) is 18.8 Å². The molecular formula is C16H28IN5O2. The molecule has 7 nitrogen and oxygen atoms in total. The lowest BCUT2D eigenvalue weighted by molar-refractivity contribution is -0.130. The molecule has 0 bridgehead atoms. The number of rotatable bonds is 6. The van der Waals surface area contributed by atoms with Gasteiger partial charge in [-0.3, -0.25) is 14.7 Å². The Balaban J connectivity index is 0.00000288. The Hall–Kier alpha value is -1.32. The molecule has 24 heavy (non-hydrogen) atoms. The SMILES string of the molecule is CCC1(C)NC(=O)N(CCCNC(=NC)NC2CC=CC2)C1=O.I. The van der Waals surface area contributed by atoms with E-state index >= 15 is 0 Å². The number of hydrogen-bond acceptors (Lipinski definition) is 3. The summed E-state index contributed by atoms with van der Waals surface area (Å²) in [4.78, 5) is 29.7. The zero-order valence-electron chi connectivity index (χ0n) is 14.6. The molecule has 2 rings (SSSR count). The normalized spacial score (nSPS) is 24.1. The lowest BCUT2D eigenvalue weighted by Gasteiger charge is -2.20. The summed E-state index contributed by atoms with van der Waals surface area (Å²) in [6.45, 7) is 4.73. The fourth-order valence-electron chi connectivity index (χ4n) is 2.76. The van der Waals surface area contributed by atoms with Gasteiger partial charge in [0.1, 0.15) is 5.54 Å². The summed E-state index contributed by atoms with van der Waals surface area (Å²) in [6, 6.07) is 0.108. The van der Waals surface area contributed by atoms with E-state index in [2.05, 4.69) is 33.1 Å². The Bertz CT molecular complexity index is 515. The number of hydrogen-bond donors (Lipinski definition) is 3. The summed E-state index contributed by atoms with van der Waals surface area (Å²) >= 11 is 0. The number of guanidine groups is 1. The lowest BCUT2D eigenvalue weighted by Crippen LogP contribution is -2.44. The van der Waals surface area contributed by atoms with E-state index in [1.165, 1.54) is 4.90 Å². The minimum Gasteiger partial charge on any atom is -0.356 e. The first-order chi connectivity index (χ1) is 11.0. The van der Waals surface area contributed by atoms with Crippen LogP contribution in [0.25, 0.3) is 0 Å². The summed E-state index contributed by atoms with van der Waals surface area (Å²) in [5, 5.41) is 9.34. The predicted octanol–water partition coefficient (Wildman–Crippen LogP) is 1.60. The van der Waals surface area contributed by atoms with Crippen LogP contribution in [-0.4, -0.2) is 54.5 Å². The molecule has 0 saturated carbocycles. The number of carbonyl (C=O) groups is 2. The molecule has 1 saturated heterocycles. The zero-order chi connectivity index (χ0) is 16.9. The van der Waals surface area contributed by atoms with E-state index in [1.54, 1.807) is 14.0 Å². The highest BCUT2D eigenvalue weighted by Crippen LogP contribution is 2.20. The van der Waals surface area contributed by atoms with Crippen LogP contribution in [-0.2, 0) is 4.79 Å². The van der Waals surface area contributed by atoms with E-state index < -0.39 is 5.54 Å². The van der Waals surface area contributed by atoms with E-state index in [-0.39, 0.29) is 35.9 Å². The van der Waals surface area contributed by atoms with Crippen LogP contribution in [0.5, 0.6) is 0 Å². The lowest BCUT2D eigenvalue weighted by atomic mass is 9.99. The molecule has 2 aliphatic rings. The second-order valence-electron chi connectivity index (χ2n) is 6.21. The van der Waals surface area contributed by atoms with E-state index in [9.17, 15) is 9.59 Å². The van der Waals surface area contributed by atoms with Gasteiger partial charge in [0, 0.05) is 26.2 Å². The van der Waals surface area contributed by atoms with Crippen LogP contribution in [0.1, 0.15) is 39.5 Å². The molecule has 1 heterocycles. The van der Waals surface area contributed by atoms with Crippen LogP contribution in [0.3, 0.4) is 0 Å². The van der Waals surface area contributed by atoms with Gasteiger partial charge in [-0.2, -0.15) is 0 Å². The number of aliphatic imine (C=N–C) groups is 1. The summed E-state index contributed by atoms with van der Waals surface area (Å²) < 4.78 is 0. The molecule has 0 aromatic heterocycles. The van der Waals surface area contributed by atoms with E-state index in [4.69, 9.17) is 0 Å². The molecular weight excluding hydrogens is 421 g/mol. The maximum absolute atomic E-state index is 12.3. The second kappa shape index (κ2) is 9.24. The maximum atomic E-state index is 12.3. The fraction of sp³-hybridized carbons (Fsp3) is 0.688. The molecule has 3 N–H and O–H groups in total. The van der Waals surface area contributed by atoms with Crippen LogP contribution in [0.2, 0.25) is 0 Å². The average molecular weight is 449 g/mol. The van der Waals surface area contributed by atoms with Crippen molar-refractivity contribution in [1.82, 2.24) is 20.9 Å². The van der Waals surface area contributed by atoms with Crippen LogP contribution in [0, 0.1) is 0 Å². The van der Waals surface area contributed by atoms with Crippen molar-refractivity contribution in [3.05, 3.63) is 12.2 Å². The van der Waals surface area contributed by atoms with Crippen molar-refractivity contribution in [2.24, 2.45) is 4.99 Å². The zero-order valence-corrected chi connectivity index (χ0v) is 16.9. The van der Waals surface area contributed by atoms with Gasteiger partial charge in [-0.25, -0.2) is 4.79 Å². The standard InChI is InChI=1S/C16H27N5O2.HI/c1-4-16(2)13(22)21(15(23)20-16)11-7-10-18-14(17-3)19-12-8-5-6-9-12;/h5-6,12H,4,7-11H2,1-3H3,(H,20,23)(H2,17,18,19);1H. The monoisotopic (exact) mass is 449 g/mol. The number of amides is 3. The van der Waals surface area contributed by atoms with E-state index in [0.29, 0.717) is 32.0 Å². The van der Waals surface area contributed by atoms with Crippen molar-refractivity contribution in [2.75, 3.05) is 20.1 Å². The number of nitrogens with zero attached hydrogens (tertiary/aromatic N) is 2. The molecule has 0 aromatic rings. The molecule has 1 aliphatic heterocycles. The van der Waals surface area contributed by atoms with E-state index in [1.807, 2.05) is 6.92 Å². The van der Waals surface area contributed by atoms with Gasteiger partial charge in [0.05, 0.1) is 0 Å². The van der Waals surface area contributed by atoms with Gasteiger partial charge >= 0.3 is 6.03 Å². The second-order valence-corrected chi connectivity index (χ2v) is 6.21. The summed E-state index contributed by atoms with van der Waals surface area (Å²) in [5.74, 6) is 0.624. The molecule has 1 unspecified atom stereocenters.